The fraction of sp³-hybridized carbons (Fsp3) is 0.833. The SMILES string of the molecule is C[C@@H]1CC(=O)C[C@H](C)N1C(=O)OC(C)(C)C.C[C@@H]1CC(=O)C[C@H](C)N1C(=O)OC(C)(C)C. The lowest BCUT2D eigenvalue weighted by Gasteiger charge is -2.38. The first kappa shape index (κ1) is 27.9. The second-order valence-electron chi connectivity index (χ2n) is 11.1. The van der Waals surface area contributed by atoms with Crippen LogP contribution >= 0.6 is 0 Å². The molecule has 0 aliphatic carbocycles. The van der Waals surface area contributed by atoms with Crippen molar-refractivity contribution in [3.8, 4) is 0 Å². The van der Waals surface area contributed by atoms with E-state index < -0.39 is 11.2 Å². The van der Waals surface area contributed by atoms with Gasteiger partial charge < -0.3 is 19.3 Å². The summed E-state index contributed by atoms with van der Waals surface area (Å²) < 4.78 is 10.7. The average Bonchev–Trinajstić information content (AvgIpc) is 2.49. The highest BCUT2D eigenvalue weighted by Crippen LogP contribution is 2.24. The van der Waals surface area contributed by atoms with Crippen LogP contribution in [0.5, 0.6) is 0 Å². The van der Waals surface area contributed by atoms with Gasteiger partial charge in [-0.2, -0.15) is 0 Å². The largest absolute Gasteiger partial charge is 0.444 e. The molecule has 32 heavy (non-hydrogen) atoms. The van der Waals surface area contributed by atoms with Crippen LogP contribution in [0.25, 0.3) is 0 Å². The van der Waals surface area contributed by atoms with Crippen LogP contribution in [-0.2, 0) is 19.1 Å². The molecule has 2 heterocycles. The molecular weight excluding hydrogens is 412 g/mol. The van der Waals surface area contributed by atoms with Crippen molar-refractivity contribution in [1.29, 1.82) is 0 Å². The Hall–Kier alpha value is -2.12. The Balaban J connectivity index is 0.000000320. The van der Waals surface area contributed by atoms with E-state index in [0.717, 1.165) is 0 Å². The highest BCUT2D eigenvalue weighted by Gasteiger charge is 2.36. The molecule has 0 unspecified atom stereocenters. The lowest BCUT2D eigenvalue weighted by molar-refractivity contribution is -0.125. The second kappa shape index (κ2) is 10.7. The Bertz CT molecular complexity index is 618. The van der Waals surface area contributed by atoms with Crippen molar-refractivity contribution in [3.63, 3.8) is 0 Å². The van der Waals surface area contributed by atoms with Gasteiger partial charge in [0.25, 0.3) is 0 Å². The molecule has 2 aliphatic heterocycles. The first-order chi connectivity index (χ1) is 14.4. The Morgan fingerprint density at radius 3 is 1.03 bits per heavy atom. The summed E-state index contributed by atoms with van der Waals surface area (Å²) in [5.41, 5.74) is -0.976. The Morgan fingerprint density at radius 1 is 0.625 bits per heavy atom. The van der Waals surface area contributed by atoms with E-state index in [2.05, 4.69) is 0 Å². The molecule has 2 aliphatic rings. The Kier molecular flexibility index (Phi) is 9.30. The minimum Gasteiger partial charge on any atom is -0.444 e. The van der Waals surface area contributed by atoms with Gasteiger partial charge in [0.05, 0.1) is 0 Å². The fourth-order valence-corrected chi connectivity index (χ4v) is 4.10. The summed E-state index contributed by atoms with van der Waals surface area (Å²) in [6.07, 6.45) is 1.10. The van der Waals surface area contributed by atoms with Crippen LogP contribution in [0.3, 0.4) is 0 Å². The third-order valence-corrected chi connectivity index (χ3v) is 5.20. The van der Waals surface area contributed by atoms with Crippen molar-refractivity contribution in [2.75, 3.05) is 0 Å². The molecule has 0 spiro atoms. The number of Topliss-reactive ketones (excluding diaryl/α,β-unsaturated/α-hetero) is 2. The summed E-state index contributed by atoms with van der Waals surface area (Å²) in [6, 6.07) is -0.255. The summed E-state index contributed by atoms with van der Waals surface area (Å²) in [7, 11) is 0. The molecule has 0 bridgehead atoms. The van der Waals surface area contributed by atoms with Crippen molar-refractivity contribution in [3.05, 3.63) is 0 Å². The van der Waals surface area contributed by atoms with Gasteiger partial charge in [-0.15, -0.1) is 0 Å². The molecule has 2 amide bonds. The molecule has 2 saturated heterocycles. The highest BCUT2D eigenvalue weighted by atomic mass is 16.6. The molecule has 0 aromatic carbocycles. The lowest BCUT2D eigenvalue weighted by Crippen LogP contribution is -2.51. The van der Waals surface area contributed by atoms with Gasteiger partial charge in [0.2, 0.25) is 0 Å². The second-order valence-corrected chi connectivity index (χ2v) is 11.1. The smallest absolute Gasteiger partial charge is 0.410 e. The van der Waals surface area contributed by atoms with Crippen LogP contribution in [0.2, 0.25) is 0 Å². The number of carbonyl (C=O) groups excluding carboxylic acids is 4. The molecule has 8 nitrogen and oxygen atoms in total. The number of nitrogens with zero attached hydrogens (tertiary/aromatic N) is 2. The number of hydrogen-bond acceptors (Lipinski definition) is 6. The van der Waals surface area contributed by atoms with Crippen molar-refractivity contribution >= 4 is 23.8 Å². The van der Waals surface area contributed by atoms with E-state index in [1.807, 2.05) is 69.2 Å². The number of ketones is 2. The van der Waals surface area contributed by atoms with Gasteiger partial charge in [-0.05, 0) is 69.2 Å². The molecule has 0 saturated carbocycles. The molecule has 8 heteroatoms. The van der Waals surface area contributed by atoms with Crippen LogP contribution < -0.4 is 0 Å². The summed E-state index contributed by atoms with van der Waals surface area (Å²) in [5, 5.41) is 0. The number of likely N-dealkylation sites (tertiary alicyclic amines) is 2. The minimum absolute atomic E-state index is 0.0638. The molecule has 0 aromatic rings. The zero-order valence-corrected chi connectivity index (χ0v) is 21.5. The number of hydrogen-bond donors (Lipinski definition) is 0. The zero-order valence-electron chi connectivity index (χ0n) is 21.5. The Morgan fingerprint density at radius 2 is 0.844 bits per heavy atom. The van der Waals surface area contributed by atoms with Gasteiger partial charge in [-0.3, -0.25) is 9.59 Å². The first-order valence-electron chi connectivity index (χ1n) is 11.5. The van der Waals surface area contributed by atoms with Crippen LogP contribution in [0.15, 0.2) is 0 Å². The fourth-order valence-electron chi connectivity index (χ4n) is 4.10. The molecule has 2 fully saturated rings. The van der Waals surface area contributed by atoms with Crippen molar-refractivity contribution in [2.45, 2.75) is 130 Å². The highest BCUT2D eigenvalue weighted by molar-refractivity contribution is 5.83. The summed E-state index contributed by atoms with van der Waals surface area (Å²) in [6.45, 7) is 18.6. The molecule has 2 rings (SSSR count). The van der Waals surface area contributed by atoms with E-state index >= 15 is 0 Å². The summed E-state index contributed by atoms with van der Waals surface area (Å²) in [5.74, 6) is 0.444. The number of amides is 2. The predicted molar refractivity (Wildman–Crippen MR) is 122 cm³/mol. The van der Waals surface area contributed by atoms with Crippen LogP contribution in [-0.4, -0.2) is 68.9 Å². The summed E-state index contributed by atoms with van der Waals surface area (Å²) >= 11 is 0. The van der Waals surface area contributed by atoms with E-state index in [9.17, 15) is 19.2 Å². The van der Waals surface area contributed by atoms with E-state index in [0.29, 0.717) is 25.7 Å². The first-order valence-corrected chi connectivity index (χ1v) is 11.5. The van der Waals surface area contributed by atoms with Crippen LogP contribution in [0, 0.1) is 0 Å². The molecule has 0 aromatic heterocycles. The monoisotopic (exact) mass is 454 g/mol. The van der Waals surface area contributed by atoms with Crippen molar-refractivity contribution in [2.24, 2.45) is 0 Å². The maximum atomic E-state index is 11.9. The topological polar surface area (TPSA) is 93.2 Å². The van der Waals surface area contributed by atoms with Crippen LogP contribution in [0.4, 0.5) is 9.59 Å². The zero-order chi connectivity index (χ0) is 25.0. The summed E-state index contributed by atoms with van der Waals surface area (Å²) in [4.78, 5) is 49.9. The minimum atomic E-state index is -0.488. The molecule has 4 atom stereocenters. The maximum absolute atomic E-state index is 11.9. The van der Waals surface area contributed by atoms with Crippen molar-refractivity contribution < 1.29 is 28.7 Å². The third-order valence-electron chi connectivity index (χ3n) is 5.20. The van der Waals surface area contributed by atoms with Crippen LogP contribution in [0.1, 0.15) is 94.9 Å². The third kappa shape index (κ3) is 8.79. The standard InChI is InChI=1S/2C12H21NO3/c2*1-8-6-10(14)7-9(2)13(8)11(15)16-12(3,4)5/h2*8-9H,6-7H2,1-5H3/t2*8-,9+. The van der Waals surface area contributed by atoms with E-state index in [4.69, 9.17) is 9.47 Å². The normalized spacial score (nSPS) is 26.8. The number of carbonyl (C=O) groups is 4. The molecular formula is C24H42N2O6. The maximum Gasteiger partial charge on any atom is 0.410 e. The Labute approximate surface area is 193 Å². The predicted octanol–water partition coefficient (Wildman–Crippen LogP) is 4.73. The molecule has 184 valence electrons. The van der Waals surface area contributed by atoms with Crippen molar-refractivity contribution in [1.82, 2.24) is 9.80 Å². The molecule has 0 N–H and O–H groups in total. The lowest BCUT2D eigenvalue weighted by atomic mass is 9.97. The van der Waals surface area contributed by atoms with Gasteiger partial charge in [0, 0.05) is 49.9 Å². The molecule has 0 radical (unpaired) electrons. The van der Waals surface area contributed by atoms with Gasteiger partial charge in [0.15, 0.2) is 0 Å². The number of piperidine rings is 2. The number of ether oxygens (including phenoxy) is 2. The quantitative estimate of drug-likeness (QED) is 0.525. The van der Waals surface area contributed by atoms with E-state index in [-0.39, 0.29) is 47.9 Å². The number of rotatable bonds is 0. The van der Waals surface area contributed by atoms with E-state index in [1.165, 1.54) is 0 Å². The van der Waals surface area contributed by atoms with Gasteiger partial charge >= 0.3 is 12.2 Å². The van der Waals surface area contributed by atoms with Gasteiger partial charge in [-0.1, -0.05) is 0 Å². The average molecular weight is 455 g/mol. The van der Waals surface area contributed by atoms with E-state index in [1.54, 1.807) is 9.80 Å². The van der Waals surface area contributed by atoms with Gasteiger partial charge in [-0.25, -0.2) is 9.59 Å². The van der Waals surface area contributed by atoms with Gasteiger partial charge in [0.1, 0.15) is 22.8 Å².